The zero-order valence-corrected chi connectivity index (χ0v) is 10.5. The molecule has 86 valence electrons. The van der Waals surface area contributed by atoms with Crippen LogP contribution >= 0.6 is 0 Å². The average molecular weight is 209 g/mol. The van der Waals surface area contributed by atoms with E-state index in [2.05, 4.69) is 42.6 Å². The minimum absolute atomic E-state index is 0.229. The maximum atomic E-state index is 4.47. The molecule has 1 rings (SSSR count). The van der Waals surface area contributed by atoms with Gasteiger partial charge in [0.05, 0.1) is 6.04 Å². The molecule has 1 aromatic heterocycles. The molecule has 0 aliphatic carbocycles. The summed E-state index contributed by atoms with van der Waals surface area (Å²) in [5, 5.41) is 3.39. The summed E-state index contributed by atoms with van der Waals surface area (Å²) in [7, 11) is 2.01. The molecule has 1 heterocycles. The molecule has 3 heteroatoms. The third-order valence-electron chi connectivity index (χ3n) is 3.33. The summed E-state index contributed by atoms with van der Waals surface area (Å²) >= 11 is 0. The van der Waals surface area contributed by atoms with Crippen molar-refractivity contribution >= 4 is 0 Å². The predicted molar refractivity (Wildman–Crippen MR) is 63.8 cm³/mol. The van der Waals surface area contributed by atoms with Gasteiger partial charge in [0.2, 0.25) is 0 Å². The van der Waals surface area contributed by atoms with Crippen LogP contribution in [0.15, 0.2) is 12.4 Å². The first-order valence-corrected chi connectivity index (χ1v) is 5.75. The number of aryl methyl sites for hydroxylation is 1. The maximum absolute atomic E-state index is 4.47. The SMILES string of the molecule is CCn1ccnc1C(NC)C(C)(C)CC. The summed E-state index contributed by atoms with van der Waals surface area (Å²) in [4.78, 5) is 4.47. The van der Waals surface area contributed by atoms with Crippen LogP contribution in [-0.4, -0.2) is 16.6 Å². The Bertz CT molecular complexity index is 302. The molecular weight excluding hydrogens is 186 g/mol. The van der Waals surface area contributed by atoms with Crippen LogP contribution < -0.4 is 5.32 Å². The lowest BCUT2D eigenvalue weighted by molar-refractivity contribution is 0.231. The highest BCUT2D eigenvalue weighted by Crippen LogP contribution is 2.35. The molecular formula is C12H23N3. The van der Waals surface area contributed by atoms with Gasteiger partial charge in [0.25, 0.3) is 0 Å². The molecule has 1 unspecified atom stereocenters. The molecule has 0 saturated heterocycles. The average Bonchev–Trinajstić information content (AvgIpc) is 2.66. The van der Waals surface area contributed by atoms with E-state index in [0.29, 0.717) is 6.04 Å². The van der Waals surface area contributed by atoms with Crippen LogP contribution in [0.5, 0.6) is 0 Å². The van der Waals surface area contributed by atoms with Gasteiger partial charge in [-0.05, 0) is 25.8 Å². The minimum Gasteiger partial charge on any atom is -0.334 e. The molecule has 0 spiro atoms. The van der Waals surface area contributed by atoms with E-state index < -0.39 is 0 Å². The topological polar surface area (TPSA) is 29.9 Å². The first kappa shape index (κ1) is 12.2. The van der Waals surface area contributed by atoms with Crippen molar-refractivity contribution in [3.8, 4) is 0 Å². The van der Waals surface area contributed by atoms with Crippen molar-refractivity contribution in [1.29, 1.82) is 0 Å². The number of rotatable bonds is 5. The largest absolute Gasteiger partial charge is 0.334 e. The second kappa shape index (κ2) is 4.79. The van der Waals surface area contributed by atoms with E-state index in [4.69, 9.17) is 0 Å². The first-order chi connectivity index (χ1) is 7.06. The van der Waals surface area contributed by atoms with Crippen LogP contribution in [0.1, 0.15) is 46.0 Å². The first-order valence-electron chi connectivity index (χ1n) is 5.75. The van der Waals surface area contributed by atoms with E-state index in [0.717, 1.165) is 18.8 Å². The van der Waals surface area contributed by atoms with Crippen LogP contribution in [0.2, 0.25) is 0 Å². The Morgan fingerprint density at radius 3 is 2.60 bits per heavy atom. The third-order valence-corrected chi connectivity index (χ3v) is 3.33. The lowest BCUT2D eigenvalue weighted by Gasteiger charge is -2.33. The van der Waals surface area contributed by atoms with Crippen molar-refractivity contribution in [3.05, 3.63) is 18.2 Å². The fourth-order valence-corrected chi connectivity index (χ4v) is 1.92. The van der Waals surface area contributed by atoms with Crippen LogP contribution in [-0.2, 0) is 6.54 Å². The fourth-order valence-electron chi connectivity index (χ4n) is 1.92. The zero-order chi connectivity index (χ0) is 11.5. The Labute approximate surface area is 92.9 Å². The lowest BCUT2D eigenvalue weighted by Crippen LogP contribution is -2.33. The van der Waals surface area contributed by atoms with Crippen molar-refractivity contribution in [2.75, 3.05) is 7.05 Å². The van der Waals surface area contributed by atoms with E-state index in [1.807, 2.05) is 19.4 Å². The Morgan fingerprint density at radius 1 is 1.47 bits per heavy atom. The second-order valence-electron chi connectivity index (χ2n) is 4.64. The highest BCUT2D eigenvalue weighted by atomic mass is 15.1. The number of imidazole rings is 1. The molecule has 3 nitrogen and oxygen atoms in total. The number of hydrogen-bond donors (Lipinski definition) is 1. The van der Waals surface area contributed by atoms with Crippen molar-refractivity contribution in [2.24, 2.45) is 5.41 Å². The number of nitrogens with one attached hydrogen (secondary N) is 1. The molecule has 0 radical (unpaired) electrons. The highest BCUT2D eigenvalue weighted by Gasteiger charge is 2.30. The van der Waals surface area contributed by atoms with Crippen LogP contribution in [0, 0.1) is 5.41 Å². The standard InChI is InChI=1S/C12H23N3/c1-6-12(3,4)10(13-5)11-14-8-9-15(11)7-2/h8-10,13H,6-7H2,1-5H3. The second-order valence-corrected chi connectivity index (χ2v) is 4.64. The van der Waals surface area contributed by atoms with Crippen molar-refractivity contribution < 1.29 is 0 Å². The van der Waals surface area contributed by atoms with Gasteiger partial charge < -0.3 is 9.88 Å². The highest BCUT2D eigenvalue weighted by molar-refractivity contribution is 5.04. The monoisotopic (exact) mass is 209 g/mol. The van der Waals surface area contributed by atoms with E-state index in [9.17, 15) is 0 Å². The molecule has 1 N–H and O–H groups in total. The smallest absolute Gasteiger partial charge is 0.126 e. The van der Waals surface area contributed by atoms with Crippen LogP contribution in [0.25, 0.3) is 0 Å². The van der Waals surface area contributed by atoms with E-state index in [-0.39, 0.29) is 5.41 Å². The van der Waals surface area contributed by atoms with E-state index >= 15 is 0 Å². The molecule has 0 amide bonds. The molecule has 1 aromatic rings. The third kappa shape index (κ3) is 2.40. The van der Waals surface area contributed by atoms with Gasteiger partial charge in [-0.3, -0.25) is 0 Å². The minimum atomic E-state index is 0.229. The van der Waals surface area contributed by atoms with Gasteiger partial charge in [-0.25, -0.2) is 4.98 Å². The molecule has 0 aliphatic rings. The summed E-state index contributed by atoms with van der Waals surface area (Å²) < 4.78 is 2.21. The summed E-state index contributed by atoms with van der Waals surface area (Å²) in [6, 6.07) is 0.317. The Balaban J connectivity index is 3.02. The predicted octanol–water partition coefficient (Wildman–Crippen LogP) is 2.60. The van der Waals surface area contributed by atoms with Gasteiger partial charge in [0.1, 0.15) is 5.82 Å². The molecule has 0 saturated carbocycles. The van der Waals surface area contributed by atoms with Crippen molar-refractivity contribution in [1.82, 2.24) is 14.9 Å². The normalized spacial score (nSPS) is 14.2. The summed E-state index contributed by atoms with van der Waals surface area (Å²) in [5.41, 5.74) is 0.229. The quantitative estimate of drug-likeness (QED) is 0.808. The number of nitrogens with zero attached hydrogens (tertiary/aromatic N) is 2. The fraction of sp³-hybridized carbons (Fsp3) is 0.750. The van der Waals surface area contributed by atoms with Crippen LogP contribution in [0.3, 0.4) is 0 Å². The van der Waals surface area contributed by atoms with Gasteiger partial charge in [-0.15, -0.1) is 0 Å². The van der Waals surface area contributed by atoms with Gasteiger partial charge >= 0.3 is 0 Å². The molecule has 0 aliphatic heterocycles. The molecule has 0 bridgehead atoms. The summed E-state index contributed by atoms with van der Waals surface area (Å²) in [5.74, 6) is 1.15. The summed E-state index contributed by atoms with van der Waals surface area (Å²) in [6.45, 7) is 9.92. The maximum Gasteiger partial charge on any atom is 0.126 e. The van der Waals surface area contributed by atoms with Crippen LogP contribution in [0.4, 0.5) is 0 Å². The van der Waals surface area contributed by atoms with Gasteiger partial charge in [-0.2, -0.15) is 0 Å². The van der Waals surface area contributed by atoms with Gasteiger partial charge in [0.15, 0.2) is 0 Å². The molecule has 0 aromatic carbocycles. The molecule has 1 atom stereocenters. The summed E-state index contributed by atoms with van der Waals surface area (Å²) in [6.07, 6.45) is 5.06. The Hall–Kier alpha value is -0.830. The van der Waals surface area contributed by atoms with Gasteiger partial charge in [0, 0.05) is 18.9 Å². The lowest BCUT2D eigenvalue weighted by atomic mass is 9.81. The Kier molecular flexibility index (Phi) is 3.91. The number of hydrogen-bond acceptors (Lipinski definition) is 2. The van der Waals surface area contributed by atoms with Crippen molar-refractivity contribution in [2.45, 2.75) is 46.7 Å². The number of aromatic nitrogens is 2. The molecule has 15 heavy (non-hydrogen) atoms. The zero-order valence-electron chi connectivity index (χ0n) is 10.5. The van der Waals surface area contributed by atoms with Crippen molar-refractivity contribution in [3.63, 3.8) is 0 Å². The van der Waals surface area contributed by atoms with E-state index in [1.165, 1.54) is 0 Å². The molecule has 0 fully saturated rings. The Morgan fingerprint density at radius 2 is 2.13 bits per heavy atom. The van der Waals surface area contributed by atoms with E-state index in [1.54, 1.807) is 0 Å². The van der Waals surface area contributed by atoms with Gasteiger partial charge in [-0.1, -0.05) is 20.8 Å².